The lowest BCUT2D eigenvalue weighted by Gasteiger charge is -2.30. The van der Waals surface area contributed by atoms with Crippen LogP contribution in [0, 0.1) is 0 Å². The second kappa shape index (κ2) is 12.2. The second-order valence-electron chi connectivity index (χ2n) is 13.8. The van der Waals surface area contributed by atoms with Gasteiger partial charge in [-0.05, 0) is 77.4 Å². The van der Waals surface area contributed by atoms with Gasteiger partial charge < -0.3 is 18.5 Å². The van der Waals surface area contributed by atoms with Crippen LogP contribution in [0.25, 0.3) is 72.3 Å². The molecule has 5 nitrogen and oxygen atoms in total. The fourth-order valence-corrected chi connectivity index (χ4v) is 8.04. The van der Waals surface area contributed by atoms with Crippen molar-refractivity contribution in [1.82, 2.24) is 4.98 Å². The fourth-order valence-electron chi connectivity index (χ4n) is 8.04. The molecule has 3 heterocycles. The summed E-state index contributed by atoms with van der Waals surface area (Å²) in [4.78, 5) is 7.21. The number of benzene rings is 7. The third-order valence-corrected chi connectivity index (χ3v) is 10.6. The Kier molecular flexibility index (Phi) is 6.92. The zero-order valence-corrected chi connectivity index (χ0v) is 29.1. The van der Waals surface area contributed by atoms with E-state index in [1.54, 1.807) is 0 Å². The Bertz CT molecular complexity index is 2940. The first-order chi connectivity index (χ1) is 26.7. The molecular weight excluding hydrogens is 665 g/mol. The van der Waals surface area contributed by atoms with E-state index in [-0.39, 0.29) is 6.10 Å². The monoisotopic (exact) mass is 696 g/mol. The molecule has 0 bridgehead atoms. The first kappa shape index (κ1) is 30.5. The molecule has 0 amide bonds. The Morgan fingerprint density at radius 2 is 1.30 bits per heavy atom. The van der Waals surface area contributed by atoms with Crippen LogP contribution < -0.4 is 9.64 Å². The molecule has 11 rings (SSSR count). The molecule has 0 spiro atoms. The van der Waals surface area contributed by atoms with Gasteiger partial charge >= 0.3 is 0 Å². The maximum atomic E-state index is 6.54. The van der Waals surface area contributed by atoms with Crippen molar-refractivity contribution in [3.05, 3.63) is 187 Å². The highest BCUT2D eigenvalue weighted by atomic mass is 16.5. The van der Waals surface area contributed by atoms with Crippen LogP contribution in [0.1, 0.15) is 12.0 Å². The summed E-state index contributed by atoms with van der Waals surface area (Å²) < 4.78 is 19.5. The van der Waals surface area contributed by atoms with Gasteiger partial charge in [-0.25, -0.2) is 4.98 Å². The van der Waals surface area contributed by atoms with Crippen molar-refractivity contribution in [3.8, 4) is 39.5 Å². The number of para-hydroxylation sites is 2. The number of aromatic nitrogens is 1. The molecule has 1 aliphatic heterocycles. The number of anilines is 2. The Hall–Kier alpha value is -7.11. The van der Waals surface area contributed by atoms with Crippen molar-refractivity contribution in [2.24, 2.45) is 0 Å². The molecule has 1 aliphatic carbocycles. The number of allylic oxidation sites excluding steroid dienone is 1. The Morgan fingerprint density at radius 1 is 0.556 bits per heavy atom. The first-order valence-corrected chi connectivity index (χ1v) is 18.3. The highest BCUT2D eigenvalue weighted by molar-refractivity contribution is 6.09. The van der Waals surface area contributed by atoms with Crippen LogP contribution in [-0.4, -0.2) is 11.1 Å². The van der Waals surface area contributed by atoms with E-state index in [2.05, 4.69) is 126 Å². The predicted molar refractivity (Wildman–Crippen MR) is 218 cm³/mol. The van der Waals surface area contributed by atoms with Gasteiger partial charge in [-0.2, -0.15) is 0 Å². The van der Waals surface area contributed by atoms with E-state index < -0.39 is 0 Å². The Labute approximate surface area is 311 Å². The summed E-state index contributed by atoms with van der Waals surface area (Å²) >= 11 is 0. The van der Waals surface area contributed by atoms with Crippen molar-refractivity contribution in [2.45, 2.75) is 12.5 Å². The van der Waals surface area contributed by atoms with Crippen molar-refractivity contribution < 1.29 is 13.6 Å². The molecule has 0 saturated heterocycles. The number of oxazole rings is 1. The maximum absolute atomic E-state index is 6.54. The van der Waals surface area contributed by atoms with E-state index in [1.165, 1.54) is 5.56 Å². The largest absolute Gasteiger partial charge is 0.485 e. The zero-order valence-electron chi connectivity index (χ0n) is 29.1. The third kappa shape index (κ3) is 4.97. The summed E-state index contributed by atoms with van der Waals surface area (Å²) in [6.45, 7) is 0. The van der Waals surface area contributed by atoms with Crippen LogP contribution in [0.3, 0.4) is 0 Å². The third-order valence-electron chi connectivity index (χ3n) is 10.6. The van der Waals surface area contributed by atoms with Crippen LogP contribution in [-0.2, 0) is 0 Å². The summed E-state index contributed by atoms with van der Waals surface area (Å²) in [5.41, 5.74) is 14.1. The summed E-state index contributed by atoms with van der Waals surface area (Å²) in [5, 5.41) is 2.25. The molecule has 0 N–H and O–H groups in total. The van der Waals surface area contributed by atoms with E-state index in [0.717, 1.165) is 95.7 Å². The van der Waals surface area contributed by atoms with Crippen molar-refractivity contribution >= 4 is 50.0 Å². The molecule has 0 fully saturated rings. The minimum Gasteiger partial charge on any atom is -0.485 e. The molecule has 0 saturated carbocycles. The van der Waals surface area contributed by atoms with Crippen molar-refractivity contribution in [1.29, 1.82) is 0 Å². The quantitative estimate of drug-likeness (QED) is 0.173. The molecule has 7 aromatic carbocycles. The molecule has 1 atom stereocenters. The van der Waals surface area contributed by atoms with Crippen LogP contribution >= 0.6 is 0 Å². The van der Waals surface area contributed by atoms with E-state index >= 15 is 0 Å². The normalized spacial score (nSPS) is 14.8. The molecule has 5 heteroatoms. The standard InChI is InChI=1S/C49H32N2O3/c1-3-11-31(12-4-1)34-15-9-16-36(29-34)51(35-23-21-32(22-24-35)38-18-10-19-40-39-17-7-8-20-43(39)53-47(38)40)37-25-27-44-41(30-37)46-45(52-44)28-26-42-48(46)54-49(50-42)33-13-5-2-6-14-33/h1-26,28-30,44H,27H2. The Balaban J connectivity index is 1.03. The highest BCUT2D eigenvalue weighted by Crippen LogP contribution is 2.48. The number of nitrogens with zero attached hydrogens (tertiary/aromatic N) is 2. The number of furan rings is 1. The Morgan fingerprint density at radius 3 is 2.15 bits per heavy atom. The summed E-state index contributed by atoms with van der Waals surface area (Å²) in [7, 11) is 0. The van der Waals surface area contributed by atoms with Gasteiger partial charge in [-0.15, -0.1) is 0 Å². The van der Waals surface area contributed by atoms with E-state index in [9.17, 15) is 0 Å². The molecule has 54 heavy (non-hydrogen) atoms. The lowest BCUT2D eigenvalue weighted by molar-refractivity contribution is 0.278. The predicted octanol–water partition coefficient (Wildman–Crippen LogP) is 13.0. The average Bonchev–Trinajstić information content (AvgIpc) is 3.95. The number of fused-ring (bicyclic) bond motifs is 8. The van der Waals surface area contributed by atoms with Crippen LogP contribution in [0.4, 0.5) is 11.4 Å². The van der Waals surface area contributed by atoms with Gasteiger partial charge in [0.05, 0.1) is 5.56 Å². The van der Waals surface area contributed by atoms with Crippen molar-refractivity contribution in [3.63, 3.8) is 0 Å². The molecule has 1 unspecified atom stereocenters. The van der Waals surface area contributed by atoms with Crippen LogP contribution in [0.5, 0.6) is 5.75 Å². The molecule has 9 aromatic rings. The van der Waals surface area contributed by atoms with E-state index in [1.807, 2.05) is 54.6 Å². The van der Waals surface area contributed by atoms with E-state index in [4.69, 9.17) is 18.6 Å². The topological polar surface area (TPSA) is 51.6 Å². The number of hydrogen-bond acceptors (Lipinski definition) is 5. The van der Waals surface area contributed by atoms with Gasteiger partial charge in [-0.1, -0.05) is 115 Å². The summed E-state index contributed by atoms with van der Waals surface area (Å²) in [6, 6.07) is 56.8. The van der Waals surface area contributed by atoms with Crippen molar-refractivity contribution in [2.75, 3.05) is 4.90 Å². The van der Waals surface area contributed by atoms with Gasteiger partial charge in [0.15, 0.2) is 5.58 Å². The van der Waals surface area contributed by atoms with Gasteiger partial charge in [0.1, 0.15) is 28.5 Å². The smallest absolute Gasteiger partial charge is 0.227 e. The first-order valence-electron chi connectivity index (χ1n) is 18.3. The summed E-state index contributed by atoms with van der Waals surface area (Å²) in [5.74, 6) is 1.43. The minimum atomic E-state index is -0.108. The number of ether oxygens (including phenoxy) is 1. The molecule has 256 valence electrons. The van der Waals surface area contributed by atoms with Gasteiger partial charge in [0.25, 0.3) is 0 Å². The highest BCUT2D eigenvalue weighted by Gasteiger charge is 2.35. The van der Waals surface area contributed by atoms with Gasteiger partial charge in [-0.3, -0.25) is 0 Å². The van der Waals surface area contributed by atoms with Gasteiger partial charge in [0, 0.05) is 51.0 Å². The van der Waals surface area contributed by atoms with Gasteiger partial charge in [0.2, 0.25) is 5.89 Å². The minimum absolute atomic E-state index is 0.108. The fraction of sp³-hybridized carbons (Fsp3) is 0.0408. The number of rotatable bonds is 6. The van der Waals surface area contributed by atoms with Crippen LogP contribution in [0.15, 0.2) is 190 Å². The van der Waals surface area contributed by atoms with E-state index in [0.29, 0.717) is 5.89 Å². The molecule has 2 aromatic heterocycles. The lowest BCUT2D eigenvalue weighted by atomic mass is 9.93. The average molecular weight is 697 g/mol. The molecule has 2 aliphatic rings. The molecular formula is C49H32N2O3. The maximum Gasteiger partial charge on any atom is 0.227 e. The number of hydrogen-bond donors (Lipinski definition) is 0. The SMILES string of the molecule is C1=C2c3c(ccc4nc(-c5ccccc5)oc34)OC2CC=C1N(c1ccc(-c2cccc3c2oc2ccccc23)cc1)c1cccc(-c2ccccc2)c1. The molecule has 0 radical (unpaired) electrons. The summed E-state index contributed by atoms with van der Waals surface area (Å²) in [6.07, 6.45) is 5.16. The zero-order chi connectivity index (χ0) is 35.6. The lowest BCUT2D eigenvalue weighted by Crippen LogP contribution is -2.21. The van der Waals surface area contributed by atoms with Crippen LogP contribution in [0.2, 0.25) is 0 Å². The second-order valence-corrected chi connectivity index (χ2v) is 13.8.